The van der Waals surface area contributed by atoms with Gasteiger partial charge in [-0.2, -0.15) is 0 Å². The summed E-state index contributed by atoms with van der Waals surface area (Å²) >= 11 is 5.19. The lowest BCUT2D eigenvalue weighted by molar-refractivity contribution is 0.888. The van der Waals surface area contributed by atoms with Crippen molar-refractivity contribution in [2.75, 3.05) is 0 Å². The van der Waals surface area contributed by atoms with Gasteiger partial charge in [0.1, 0.15) is 11.3 Å². The smallest absolute Gasteiger partial charge is 0.109 e. The van der Waals surface area contributed by atoms with Crippen molar-refractivity contribution in [3.63, 3.8) is 0 Å². The molecule has 0 aromatic carbocycles. The molecular weight excluding hydrogens is 274 g/mol. The zero-order chi connectivity index (χ0) is 10.6. The number of hydrogen-bond acceptors (Lipinski definition) is 3. The summed E-state index contributed by atoms with van der Waals surface area (Å²) < 4.78 is 4.42. The van der Waals surface area contributed by atoms with Gasteiger partial charge in [0.05, 0.1) is 25.7 Å². The van der Waals surface area contributed by atoms with E-state index in [1.807, 2.05) is 26.2 Å². The van der Waals surface area contributed by atoms with Crippen molar-refractivity contribution in [3.8, 4) is 0 Å². The fourth-order valence-electron chi connectivity index (χ4n) is 1.74. The van der Waals surface area contributed by atoms with Crippen LogP contribution in [0.4, 0.5) is 0 Å². The Labute approximate surface area is 98.9 Å². The van der Waals surface area contributed by atoms with Gasteiger partial charge in [0.15, 0.2) is 0 Å². The number of halogens is 1. The summed E-state index contributed by atoms with van der Waals surface area (Å²) in [5, 5.41) is 0. The molecule has 0 saturated carbocycles. The average molecular weight is 282 g/mol. The van der Waals surface area contributed by atoms with Crippen LogP contribution in [0.1, 0.15) is 5.82 Å². The number of nitrogens with zero attached hydrogens (tertiary/aromatic N) is 3. The minimum atomic E-state index is 0.969. The first kappa shape index (κ1) is 9.30. The van der Waals surface area contributed by atoms with E-state index in [-0.39, 0.29) is 0 Å². The number of imidazole rings is 1. The fraction of sp³-hybridized carbons (Fsp3) is 0.200. The molecule has 0 bridgehead atoms. The van der Waals surface area contributed by atoms with Gasteiger partial charge in [-0.1, -0.05) is 0 Å². The Kier molecular flexibility index (Phi) is 1.87. The zero-order valence-electron chi connectivity index (χ0n) is 8.28. The summed E-state index contributed by atoms with van der Waals surface area (Å²) in [5.74, 6) is 1.02. The molecule has 0 fully saturated rings. The lowest BCUT2D eigenvalue weighted by atomic mass is 10.3. The monoisotopic (exact) mass is 281 g/mol. The second kappa shape index (κ2) is 3.02. The minimum Gasteiger partial charge on any atom is -0.330 e. The zero-order valence-corrected chi connectivity index (χ0v) is 10.7. The van der Waals surface area contributed by atoms with E-state index in [0.717, 1.165) is 20.6 Å². The molecule has 3 rings (SSSR count). The number of thiophene rings is 1. The van der Waals surface area contributed by atoms with Crippen molar-refractivity contribution < 1.29 is 0 Å². The van der Waals surface area contributed by atoms with Crippen LogP contribution < -0.4 is 0 Å². The number of rotatable bonds is 0. The molecule has 0 saturated heterocycles. The van der Waals surface area contributed by atoms with E-state index < -0.39 is 0 Å². The highest BCUT2D eigenvalue weighted by atomic mass is 79.9. The summed E-state index contributed by atoms with van der Waals surface area (Å²) in [6, 6.07) is 2.04. The van der Waals surface area contributed by atoms with Gasteiger partial charge in [-0.05, 0) is 28.9 Å². The Balaban J connectivity index is 2.62. The largest absolute Gasteiger partial charge is 0.330 e. The molecule has 5 heteroatoms. The van der Waals surface area contributed by atoms with Crippen molar-refractivity contribution in [1.29, 1.82) is 0 Å². The van der Waals surface area contributed by atoms with Gasteiger partial charge in [0, 0.05) is 7.05 Å². The Bertz CT molecular complexity index is 668. The van der Waals surface area contributed by atoms with Crippen LogP contribution in [-0.2, 0) is 7.05 Å². The third kappa shape index (κ3) is 1.23. The van der Waals surface area contributed by atoms with Crippen molar-refractivity contribution in [1.82, 2.24) is 14.5 Å². The Morgan fingerprint density at radius 2 is 2.20 bits per heavy atom. The van der Waals surface area contributed by atoms with Gasteiger partial charge in [0.25, 0.3) is 0 Å². The number of hydrogen-bond donors (Lipinski definition) is 0. The van der Waals surface area contributed by atoms with E-state index in [1.165, 1.54) is 10.2 Å². The molecule has 3 aromatic heterocycles. The topological polar surface area (TPSA) is 30.7 Å². The normalized spacial score (nSPS) is 11.7. The average Bonchev–Trinajstić information content (AvgIpc) is 2.68. The third-order valence-electron chi connectivity index (χ3n) is 2.57. The summed E-state index contributed by atoms with van der Waals surface area (Å²) in [7, 11) is 2.04. The van der Waals surface area contributed by atoms with E-state index >= 15 is 0 Å². The maximum atomic E-state index is 4.46. The molecule has 3 nitrogen and oxygen atoms in total. The molecule has 3 aromatic rings. The van der Waals surface area contributed by atoms with E-state index in [0.29, 0.717) is 0 Å². The molecular formula is C10H8BrN3S. The second-order valence-electron chi connectivity index (χ2n) is 3.47. The van der Waals surface area contributed by atoms with Crippen LogP contribution in [0.2, 0.25) is 0 Å². The van der Waals surface area contributed by atoms with Crippen LogP contribution in [0.3, 0.4) is 0 Å². The van der Waals surface area contributed by atoms with Crippen molar-refractivity contribution >= 4 is 48.5 Å². The molecule has 0 unspecified atom stereocenters. The predicted octanol–water partition coefficient (Wildman–Crippen LogP) is 3.25. The van der Waals surface area contributed by atoms with Crippen LogP contribution in [0.15, 0.2) is 16.0 Å². The van der Waals surface area contributed by atoms with Crippen LogP contribution in [-0.4, -0.2) is 14.5 Å². The van der Waals surface area contributed by atoms with E-state index in [2.05, 4.69) is 30.5 Å². The highest BCUT2D eigenvalue weighted by molar-refractivity contribution is 9.11. The number of fused-ring (bicyclic) bond motifs is 3. The molecule has 0 N–H and O–H groups in total. The molecule has 76 valence electrons. The molecule has 0 aliphatic heterocycles. The quantitative estimate of drug-likeness (QED) is 0.633. The Hall–Kier alpha value is -0.940. The number of aryl methyl sites for hydroxylation is 2. The first-order valence-corrected chi connectivity index (χ1v) is 6.15. The van der Waals surface area contributed by atoms with Gasteiger partial charge in [-0.25, -0.2) is 4.98 Å². The number of aromatic nitrogens is 3. The van der Waals surface area contributed by atoms with Crippen molar-refractivity contribution in [2.24, 2.45) is 7.05 Å². The lowest BCUT2D eigenvalue weighted by Crippen LogP contribution is -1.90. The van der Waals surface area contributed by atoms with Crippen LogP contribution in [0, 0.1) is 6.92 Å². The molecule has 15 heavy (non-hydrogen) atoms. The summed E-state index contributed by atoms with van der Waals surface area (Å²) in [6.07, 6.45) is 1.84. The second-order valence-corrected chi connectivity index (χ2v) is 5.91. The Morgan fingerprint density at radius 3 is 3.00 bits per heavy atom. The molecule has 3 heterocycles. The third-order valence-corrected chi connectivity index (χ3v) is 4.20. The molecule has 0 spiro atoms. The first-order valence-electron chi connectivity index (χ1n) is 4.54. The highest BCUT2D eigenvalue weighted by Gasteiger charge is 2.11. The van der Waals surface area contributed by atoms with E-state index in [9.17, 15) is 0 Å². The maximum absolute atomic E-state index is 4.46. The SMILES string of the molecule is Cc1nc2cnc3cc(Br)sc3c2n1C. The van der Waals surface area contributed by atoms with Crippen LogP contribution in [0.25, 0.3) is 21.3 Å². The standard InChI is InChI=1S/C10H8BrN3S/c1-5-13-7-4-12-6-3-8(11)15-10(6)9(7)14(5)2/h3-4H,1-2H3. The fourth-order valence-corrected chi connectivity index (χ4v) is 3.37. The lowest BCUT2D eigenvalue weighted by Gasteiger charge is -1.96. The minimum absolute atomic E-state index is 0.969. The van der Waals surface area contributed by atoms with E-state index in [1.54, 1.807) is 11.3 Å². The van der Waals surface area contributed by atoms with Crippen molar-refractivity contribution in [3.05, 3.63) is 21.9 Å². The Morgan fingerprint density at radius 1 is 1.40 bits per heavy atom. The van der Waals surface area contributed by atoms with Crippen LogP contribution in [0.5, 0.6) is 0 Å². The summed E-state index contributed by atoms with van der Waals surface area (Å²) in [4.78, 5) is 8.85. The van der Waals surface area contributed by atoms with E-state index in [4.69, 9.17) is 0 Å². The van der Waals surface area contributed by atoms with Gasteiger partial charge < -0.3 is 4.57 Å². The van der Waals surface area contributed by atoms with Gasteiger partial charge in [-0.15, -0.1) is 11.3 Å². The van der Waals surface area contributed by atoms with Gasteiger partial charge >= 0.3 is 0 Å². The molecule has 0 radical (unpaired) electrons. The van der Waals surface area contributed by atoms with Gasteiger partial charge in [-0.3, -0.25) is 4.98 Å². The van der Waals surface area contributed by atoms with Crippen molar-refractivity contribution in [2.45, 2.75) is 6.92 Å². The molecule has 0 atom stereocenters. The molecule has 0 aliphatic carbocycles. The first-order chi connectivity index (χ1) is 7.16. The summed E-state index contributed by atoms with van der Waals surface area (Å²) in [5.41, 5.74) is 3.17. The maximum Gasteiger partial charge on any atom is 0.109 e. The molecule has 0 amide bonds. The predicted molar refractivity (Wildman–Crippen MR) is 66.3 cm³/mol. The van der Waals surface area contributed by atoms with Crippen LogP contribution >= 0.6 is 27.3 Å². The molecule has 0 aliphatic rings. The van der Waals surface area contributed by atoms with Gasteiger partial charge in [0.2, 0.25) is 0 Å². The highest BCUT2D eigenvalue weighted by Crippen LogP contribution is 2.33. The summed E-state index contributed by atoms with van der Waals surface area (Å²) in [6.45, 7) is 2.01. The number of pyridine rings is 1.